The Balaban J connectivity index is 2.94. The molecule has 0 unspecified atom stereocenters. The summed E-state index contributed by atoms with van der Waals surface area (Å²) in [5, 5.41) is 0.511. The summed E-state index contributed by atoms with van der Waals surface area (Å²) in [5.41, 5.74) is 1.61. The third-order valence-electron chi connectivity index (χ3n) is 2.77. The van der Waals surface area contributed by atoms with Crippen LogP contribution in [0.3, 0.4) is 0 Å². The van der Waals surface area contributed by atoms with Crippen LogP contribution in [0.4, 0.5) is 0 Å². The van der Waals surface area contributed by atoms with Crippen molar-refractivity contribution in [2.45, 2.75) is 33.2 Å². The van der Waals surface area contributed by atoms with Gasteiger partial charge in [-0.1, -0.05) is 17.7 Å². The first-order chi connectivity index (χ1) is 8.47. The lowest BCUT2D eigenvalue weighted by Gasteiger charge is -2.27. The van der Waals surface area contributed by atoms with Gasteiger partial charge in [-0.15, -0.1) is 11.6 Å². The number of hydrogen-bond acceptors (Lipinski definition) is 1. The maximum absolute atomic E-state index is 12.4. The molecule has 100 valence electrons. The molecule has 0 radical (unpaired) electrons. The Bertz CT molecular complexity index is 418. The van der Waals surface area contributed by atoms with Crippen LogP contribution >= 0.6 is 23.2 Å². The molecule has 2 nitrogen and oxygen atoms in total. The van der Waals surface area contributed by atoms with Gasteiger partial charge in [0.25, 0.3) is 5.91 Å². The van der Waals surface area contributed by atoms with E-state index in [9.17, 15) is 4.79 Å². The predicted molar refractivity (Wildman–Crippen MR) is 77.7 cm³/mol. The van der Waals surface area contributed by atoms with Gasteiger partial charge in [0.15, 0.2) is 0 Å². The van der Waals surface area contributed by atoms with E-state index in [-0.39, 0.29) is 11.9 Å². The van der Waals surface area contributed by atoms with Crippen molar-refractivity contribution >= 4 is 29.1 Å². The van der Waals surface area contributed by atoms with Gasteiger partial charge in [0.05, 0.1) is 10.6 Å². The monoisotopic (exact) mass is 287 g/mol. The molecule has 1 aromatic rings. The maximum Gasteiger partial charge on any atom is 0.255 e. The second kappa shape index (κ2) is 7.01. The van der Waals surface area contributed by atoms with Crippen molar-refractivity contribution in [2.24, 2.45) is 0 Å². The van der Waals surface area contributed by atoms with E-state index in [1.807, 2.05) is 32.9 Å². The third-order valence-corrected chi connectivity index (χ3v) is 3.35. The number of amides is 1. The number of carbonyl (C=O) groups excluding carboxylic acids is 1. The lowest BCUT2D eigenvalue weighted by molar-refractivity contribution is 0.0706. The van der Waals surface area contributed by atoms with E-state index in [4.69, 9.17) is 23.2 Å². The Morgan fingerprint density at radius 2 is 2.06 bits per heavy atom. The first-order valence-electron chi connectivity index (χ1n) is 6.10. The van der Waals surface area contributed by atoms with E-state index >= 15 is 0 Å². The average molecular weight is 288 g/mol. The van der Waals surface area contributed by atoms with Crippen LogP contribution < -0.4 is 0 Å². The number of hydrogen-bond donors (Lipinski definition) is 0. The van der Waals surface area contributed by atoms with Crippen LogP contribution in [0.15, 0.2) is 18.2 Å². The van der Waals surface area contributed by atoms with E-state index in [0.717, 1.165) is 12.0 Å². The largest absolute Gasteiger partial charge is 0.336 e. The van der Waals surface area contributed by atoms with Crippen LogP contribution in [0.1, 0.15) is 36.2 Å². The van der Waals surface area contributed by atoms with E-state index in [1.165, 1.54) is 0 Å². The van der Waals surface area contributed by atoms with Gasteiger partial charge in [-0.05, 0) is 44.9 Å². The zero-order valence-corrected chi connectivity index (χ0v) is 12.6. The van der Waals surface area contributed by atoms with Crippen molar-refractivity contribution in [2.75, 3.05) is 12.4 Å². The minimum Gasteiger partial charge on any atom is -0.336 e. The number of alkyl halides is 1. The molecule has 0 aliphatic heterocycles. The van der Waals surface area contributed by atoms with E-state index < -0.39 is 0 Å². The van der Waals surface area contributed by atoms with Gasteiger partial charge in [0.1, 0.15) is 0 Å². The lowest BCUT2D eigenvalue weighted by Crippen LogP contribution is -2.38. The zero-order chi connectivity index (χ0) is 13.7. The lowest BCUT2D eigenvalue weighted by atomic mass is 10.1. The number of rotatable bonds is 5. The molecule has 0 aromatic heterocycles. The Morgan fingerprint density at radius 3 is 2.56 bits per heavy atom. The second-order valence-electron chi connectivity index (χ2n) is 4.62. The summed E-state index contributed by atoms with van der Waals surface area (Å²) in [5.74, 6) is 0.526. The minimum atomic E-state index is -0.0277. The van der Waals surface area contributed by atoms with Crippen LogP contribution in [-0.4, -0.2) is 29.3 Å². The fraction of sp³-hybridized carbons (Fsp3) is 0.500. The first-order valence-corrected chi connectivity index (χ1v) is 7.01. The molecule has 1 amide bonds. The number of carbonyl (C=O) groups is 1. The van der Waals surface area contributed by atoms with Gasteiger partial charge in [0.2, 0.25) is 0 Å². The highest BCUT2D eigenvalue weighted by atomic mass is 35.5. The van der Waals surface area contributed by atoms with Crippen molar-refractivity contribution in [3.05, 3.63) is 34.3 Å². The Morgan fingerprint density at radius 1 is 1.39 bits per heavy atom. The van der Waals surface area contributed by atoms with Crippen molar-refractivity contribution in [1.29, 1.82) is 0 Å². The normalized spacial score (nSPS) is 10.8. The van der Waals surface area contributed by atoms with E-state index in [1.54, 1.807) is 11.0 Å². The summed E-state index contributed by atoms with van der Waals surface area (Å²) in [6.45, 7) is 6.60. The van der Waals surface area contributed by atoms with Crippen LogP contribution in [0.2, 0.25) is 5.02 Å². The van der Waals surface area contributed by atoms with Crippen molar-refractivity contribution in [3.63, 3.8) is 0 Å². The molecule has 0 spiro atoms. The van der Waals surface area contributed by atoms with Gasteiger partial charge in [-0.3, -0.25) is 4.79 Å². The zero-order valence-electron chi connectivity index (χ0n) is 11.0. The quantitative estimate of drug-likeness (QED) is 0.746. The highest BCUT2D eigenvalue weighted by Crippen LogP contribution is 2.20. The van der Waals surface area contributed by atoms with Crippen molar-refractivity contribution < 1.29 is 4.79 Å². The fourth-order valence-corrected chi connectivity index (χ4v) is 2.21. The van der Waals surface area contributed by atoms with Crippen LogP contribution in [0, 0.1) is 6.92 Å². The van der Waals surface area contributed by atoms with E-state index in [2.05, 4.69) is 0 Å². The van der Waals surface area contributed by atoms with Gasteiger partial charge >= 0.3 is 0 Å². The van der Waals surface area contributed by atoms with Gasteiger partial charge in [-0.25, -0.2) is 0 Å². The van der Waals surface area contributed by atoms with Crippen LogP contribution in [-0.2, 0) is 0 Å². The SMILES string of the molecule is Cc1ccc(C(=O)N(CCCCl)C(C)C)c(Cl)c1. The molecular formula is C14H19Cl2NO. The highest BCUT2D eigenvalue weighted by molar-refractivity contribution is 6.33. The predicted octanol–water partition coefficient (Wildman–Crippen LogP) is 4.13. The molecule has 0 saturated carbocycles. The topological polar surface area (TPSA) is 20.3 Å². The molecule has 0 atom stereocenters. The molecule has 4 heteroatoms. The molecule has 18 heavy (non-hydrogen) atoms. The maximum atomic E-state index is 12.4. The Kier molecular flexibility index (Phi) is 5.97. The molecular weight excluding hydrogens is 269 g/mol. The Labute approximate surface area is 119 Å². The summed E-state index contributed by atoms with van der Waals surface area (Å²) in [4.78, 5) is 14.2. The second-order valence-corrected chi connectivity index (χ2v) is 5.40. The molecule has 1 rings (SSSR count). The summed E-state index contributed by atoms with van der Waals surface area (Å²) >= 11 is 11.8. The molecule has 1 aromatic carbocycles. The first kappa shape index (κ1) is 15.3. The number of aryl methyl sites for hydroxylation is 1. The summed E-state index contributed by atoms with van der Waals surface area (Å²) in [6.07, 6.45) is 0.787. The molecule has 0 saturated heterocycles. The van der Waals surface area contributed by atoms with Crippen molar-refractivity contribution in [1.82, 2.24) is 4.90 Å². The molecule has 0 heterocycles. The van der Waals surface area contributed by atoms with Gasteiger partial charge in [-0.2, -0.15) is 0 Å². The molecule has 0 fully saturated rings. The van der Waals surface area contributed by atoms with Gasteiger partial charge < -0.3 is 4.90 Å². The fourth-order valence-electron chi connectivity index (χ4n) is 1.77. The molecule has 0 aliphatic rings. The van der Waals surface area contributed by atoms with Crippen molar-refractivity contribution in [3.8, 4) is 0 Å². The molecule has 0 N–H and O–H groups in total. The summed E-state index contributed by atoms with van der Waals surface area (Å²) in [7, 11) is 0. The molecule has 0 bridgehead atoms. The van der Waals surface area contributed by atoms with Crippen LogP contribution in [0.25, 0.3) is 0 Å². The minimum absolute atomic E-state index is 0.0277. The standard InChI is InChI=1S/C14H19Cl2NO/c1-10(2)17(8-4-7-15)14(18)12-6-5-11(3)9-13(12)16/h5-6,9-10H,4,7-8H2,1-3H3. The third kappa shape index (κ3) is 3.89. The smallest absolute Gasteiger partial charge is 0.255 e. The molecule has 0 aliphatic carbocycles. The number of halogens is 2. The Hall–Kier alpha value is -0.730. The number of nitrogens with zero attached hydrogens (tertiary/aromatic N) is 1. The average Bonchev–Trinajstić information content (AvgIpc) is 2.28. The van der Waals surface area contributed by atoms with E-state index in [0.29, 0.717) is 23.0 Å². The number of benzene rings is 1. The highest BCUT2D eigenvalue weighted by Gasteiger charge is 2.20. The van der Waals surface area contributed by atoms with Gasteiger partial charge in [0, 0.05) is 18.5 Å². The summed E-state index contributed by atoms with van der Waals surface area (Å²) < 4.78 is 0. The van der Waals surface area contributed by atoms with Crippen LogP contribution in [0.5, 0.6) is 0 Å². The summed E-state index contributed by atoms with van der Waals surface area (Å²) in [6, 6.07) is 5.64.